The molecule has 2 aliphatic carbocycles. The first-order chi connectivity index (χ1) is 9.81. The third-order valence-corrected chi connectivity index (χ3v) is 8.59. The number of hydrogen-bond donors (Lipinski definition) is 0. The van der Waals surface area contributed by atoms with Crippen LogP contribution in [0.1, 0.15) is 12.8 Å². The van der Waals surface area contributed by atoms with Crippen LogP contribution in [0, 0.1) is 0 Å². The Labute approximate surface area is 156 Å². The van der Waals surface area contributed by atoms with Gasteiger partial charge in [-0.15, -0.1) is 24.8 Å². The highest BCUT2D eigenvalue weighted by Gasteiger charge is 2.10. The van der Waals surface area contributed by atoms with Crippen molar-refractivity contribution in [3.8, 4) is 0 Å². The highest BCUT2D eigenvalue weighted by molar-refractivity contribution is 9.26. The number of nitrogens with zero attached hydrogens (tertiary/aromatic N) is 4. The fourth-order valence-corrected chi connectivity index (χ4v) is 6.97. The van der Waals surface area contributed by atoms with Gasteiger partial charge in [0.1, 0.15) is 0 Å². The van der Waals surface area contributed by atoms with Crippen LogP contribution in [-0.2, 0) is 0 Å². The quantitative estimate of drug-likeness (QED) is 0.258. The van der Waals surface area contributed by atoms with Gasteiger partial charge in [0, 0.05) is 22.0 Å². The lowest BCUT2D eigenvalue weighted by Gasteiger charge is -2.04. The van der Waals surface area contributed by atoms with Crippen LogP contribution in [-0.4, -0.2) is 21.0 Å². The van der Waals surface area contributed by atoms with E-state index in [1.165, 1.54) is 9.81 Å². The lowest BCUT2D eigenvalue weighted by Crippen LogP contribution is -1.96. The summed E-state index contributed by atoms with van der Waals surface area (Å²) in [4.78, 5) is 8.67. The van der Waals surface area contributed by atoms with Crippen molar-refractivity contribution in [2.45, 2.75) is 12.8 Å². The summed E-state index contributed by atoms with van der Waals surface area (Å²) in [5.41, 5.74) is 18.6. The van der Waals surface area contributed by atoms with Crippen molar-refractivity contribution in [3.05, 3.63) is 57.3 Å². The van der Waals surface area contributed by atoms with Crippen LogP contribution in [0.25, 0.3) is 11.1 Å². The van der Waals surface area contributed by atoms with Crippen molar-refractivity contribution in [2.24, 2.45) is 0 Å². The molecule has 0 unspecified atom stereocenters. The highest BCUT2D eigenvalue weighted by atomic mass is 35.5. The van der Waals surface area contributed by atoms with E-state index in [0.29, 0.717) is 24.3 Å². The molecule has 0 atom stereocenters. The van der Waals surface area contributed by atoms with E-state index in [1.807, 2.05) is 36.5 Å². The summed E-state index contributed by atoms with van der Waals surface area (Å²) in [6.45, 7) is 0. The first-order valence-electron chi connectivity index (χ1n) is 5.68. The minimum atomic E-state index is 0. The molecule has 0 aromatic heterocycles. The van der Waals surface area contributed by atoms with E-state index in [1.54, 1.807) is 41.2 Å². The molecule has 22 heavy (non-hydrogen) atoms. The molecule has 10 heteroatoms. The smallest absolute Gasteiger partial charge is 0.295 e. The van der Waals surface area contributed by atoms with Crippen molar-refractivity contribution < 1.29 is 9.58 Å². The Morgan fingerprint density at radius 3 is 1.41 bits per heavy atom. The number of hydrogen-bond acceptors (Lipinski definition) is 4. The minimum Gasteiger partial charge on any atom is -0.361 e. The number of rotatable bonds is 5. The van der Waals surface area contributed by atoms with Crippen LogP contribution >= 0.6 is 66.1 Å². The van der Waals surface area contributed by atoms with Gasteiger partial charge in [0.15, 0.2) is 0 Å². The van der Waals surface area contributed by atoms with E-state index in [2.05, 4.69) is 9.58 Å². The summed E-state index contributed by atoms with van der Waals surface area (Å²) in [5, 5.41) is 0. The Kier molecular flexibility index (Phi) is 12.0. The standard InChI is InChI=1S/C12H10N4S4.2ClH/c13-15-9-1-5-11(6-2-9)17-19-20-18-12-7-3-10(16-14)4-8-12;;/h1,3,5-8H,2,4H2;2*1H. The van der Waals surface area contributed by atoms with Gasteiger partial charge >= 0.3 is 0 Å². The van der Waals surface area contributed by atoms with Gasteiger partial charge in [0.25, 0.3) is 11.4 Å². The van der Waals surface area contributed by atoms with Gasteiger partial charge in [-0.1, -0.05) is 12.2 Å². The second-order valence-electron chi connectivity index (χ2n) is 3.77. The Morgan fingerprint density at radius 1 is 0.727 bits per heavy atom. The molecule has 0 spiro atoms. The summed E-state index contributed by atoms with van der Waals surface area (Å²) >= 11 is 0. The highest BCUT2D eigenvalue weighted by Crippen LogP contribution is 2.50. The van der Waals surface area contributed by atoms with Crippen LogP contribution in [0.2, 0.25) is 0 Å². The average Bonchev–Trinajstić information content (AvgIpc) is 2.53. The van der Waals surface area contributed by atoms with Gasteiger partial charge in [-0.3, -0.25) is 0 Å². The molecule has 0 amide bonds. The minimum absolute atomic E-state index is 0. The Balaban J connectivity index is 0.00000220. The monoisotopic (exact) mass is 410 g/mol. The van der Waals surface area contributed by atoms with Gasteiger partial charge in [0.05, 0.1) is 12.8 Å². The Morgan fingerprint density at radius 2 is 1.14 bits per heavy atom. The van der Waals surface area contributed by atoms with Crippen molar-refractivity contribution in [1.82, 2.24) is 0 Å². The number of halogens is 2. The lowest BCUT2D eigenvalue weighted by molar-refractivity contribution is -0.00586. The summed E-state index contributed by atoms with van der Waals surface area (Å²) in [6.07, 6.45) is 13.0. The zero-order chi connectivity index (χ0) is 14.2. The topological polar surface area (TPSA) is 72.8 Å². The molecule has 0 fully saturated rings. The van der Waals surface area contributed by atoms with Crippen molar-refractivity contribution >= 4 is 77.5 Å². The van der Waals surface area contributed by atoms with E-state index >= 15 is 0 Å². The molecule has 0 aliphatic heterocycles. The Hall–Kier alpha value is -0.300. The molecule has 0 aromatic carbocycles. The van der Waals surface area contributed by atoms with E-state index in [0.717, 1.165) is 0 Å². The largest absolute Gasteiger partial charge is 0.361 e. The van der Waals surface area contributed by atoms with E-state index < -0.39 is 0 Å². The molecular formula is C12H12Cl2N4S4. The van der Waals surface area contributed by atoms with Crippen molar-refractivity contribution in [3.63, 3.8) is 0 Å². The first kappa shape index (κ1) is 21.7. The molecule has 0 heterocycles. The third kappa shape index (κ3) is 7.31. The molecule has 0 N–H and O–H groups in total. The van der Waals surface area contributed by atoms with Gasteiger partial charge < -0.3 is 11.1 Å². The van der Waals surface area contributed by atoms with Crippen molar-refractivity contribution in [1.29, 1.82) is 0 Å². The van der Waals surface area contributed by atoms with Gasteiger partial charge in [-0.25, -0.2) is 0 Å². The molecule has 0 bridgehead atoms. The molecule has 2 aliphatic rings. The molecule has 118 valence electrons. The summed E-state index contributed by atoms with van der Waals surface area (Å²) in [5.74, 6) is 0. The van der Waals surface area contributed by atoms with Crippen LogP contribution < -0.4 is 0 Å². The predicted octanol–water partition coefficient (Wildman–Crippen LogP) is 5.54. The lowest BCUT2D eigenvalue weighted by atomic mass is 10.2. The molecule has 0 aromatic rings. The summed E-state index contributed by atoms with van der Waals surface area (Å²) < 4.78 is 0. The number of allylic oxidation sites excluding steroid dienone is 6. The zero-order valence-electron chi connectivity index (χ0n) is 11.1. The van der Waals surface area contributed by atoms with Gasteiger partial charge in [0.2, 0.25) is 0 Å². The van der Waals surface area contributed by atoms with E-state index in [-0.39, 0.29) is 24.8 Å². The van der Waals surface area contributed by atoms with Gasteiger partial charge in [-0.2, -0.15) is 9.58 Å². The van der Waals surface area contributed by atoms with Gasteiger partial charge in [-0.05, 0) is 53.4 Å². The molecule has 0 saturated carbocycles. The van der Waals surface area contributed by atoms with Crippen LogP contribution in [0.3, 0.4) is 0 Å². The van der Waals surface area contributed by atoms with E-state index in [9.17, 15) is 0 Å². The second-order valence-corrected chi connectivity index (χ2v) is 9.59. The average molecular weight is 411 g/mol. The second kappa shape index (κ2) is 12.2. The van der Waals surface area contributed by atoms with Crippen LogP contribution in [0.5, 0.6) is 0 Å². The first-order valence-corrected chi connectivity index (χ1v) is 10.5. The maximum absolute atomic E-state index is 8.62. The summed E-state index contributed by atoms with van der Waals surface area (Å²) in [7, 11) is 6.75. The fraction of sp³-hybridized carbons (Fsp3) is 0.167. The molecule has 2 rings (SSSR count). The molecule has 4 nitrogen and oxygen atoms in total. The van der Waals surface area contributed by atoms with Crippen molar-refractivity contribution in [2.75, 3.05) is 0 Å². The SMILES string of the molecule is Cl.Cl.[N-]=[N+]=C1C=CC(SSSSC2=CCC(=[N+]=[N-])C=C2)=CC1. The van der Waals surface area contributed by atoms with E-state index in [4.69, 9.17) is 11.1 Å². The van der Waals surface area contributed by atoms with Crippen LogP contribution in [0.4, 0.5) is 0 Å². The maximum Gasteiger partial charge on any atom is 0.295 e. The molecular weight excluding hydrogens is 399 g/mol. The fourth-order valence-electron chi connectivity index (χ4n) is 1.42. The molecule has 0 radical (unpaired) electrons. The summed E-state index contributed by atoms with van der Waals surface area (Å²) in [6, 6.07) is 0. The molecule has 0 saturated heterocycles. The predicted molar refractivity (Wildman–Crippen MR) is 106 cm³/mol. The maximum atomic E-state index is 8.62. The normalized spacial score (nSPS) is 15.8. The third-order valence-electron chi connectivity index (χ3n) is 2.45. The van der Waals surface area contributed by atoms with Crippen LogP contribution in [0.15, 0.2) is 46.3 Å². The zero-order valence-corrected chi connectivity index (χ0v) is 16.0. The Bertz CT molecular complexity index is 561.